The summed E-state index contributed by atoms with van der Waals surface area (Å²) in [6.45, 7) is 0.782. The summed E-state index contributed by atoms with van der Waals surface area (Å²) in [6.07, 6.45) is 12.1. The molecule has 0 aromatic carbocycles. The van der Waals surface area contributed by atoms with Crippen LogP contribution in [0.4, 0.5) is 0 Å². The zero-order valence-corrected chi connectivity index (χ0v) is 12.3. The van der Waals surface area contributed by atoms with Gasteiger partial charge in [0.15, 0.2) is 0 Å². The van der Waals surface area contributed by atoms with Crippen LogP contribution in [0.15, 0.2) is 0 Å². The summed E-state index contributed by atoms with van der Waals surface area (Å²) in [4.78, 5) is 10.7. The van der Waals surface area contributed by atoms with E-state index in [0.29, 0.717) is 12.0 Å². The Labute approximate surface area is 120 Å². The van der Waals surface area contributed by atoms with Crippen LogP contribution in [0.5, 0.6) is 0 Å². The van der Waals surface area contributed by atoms with Gasteiger partial charge >= 0.3 is 0 Å². The van der Waals surface area contributed by atoms with Crippen LogP contribution in [0, 0.1) is 12.3 Å². The summed E-state index contributed by atoms with van der Waals surface area (Å²) >= 11 is 11.6. The van der Waals surface area contributed by atoms with Crippen LogP contribution in [-0.2, 0) is 9.53 Å². The fourth-order valence-corrected chi connectivity index (χ4v) is 2.59. The predicted octanol–water partition coefficient (Wildman–Crippen LogP) is 3.89. The second-order valence-corrected chi connectivity index (χ2v) is 5.70. The minimum atomic E-state index is -0.293. The van der Waals surface area contributed by atoms with Gasteiger partial charge in [-0.25, -0.2) is 0 Å². The summed E-state index contributed by atoms with van der Waals surface area (Å²) < 4.78 is 5.81. The van der Waals surface area contributed by atoms with Crippen molar-refractivity contribution < 1.29 is 9.53 Å². The second kappa shape index (κ2) is 10.1. The standard InChI is InChI=1S/C14H22Cl2O2/c15-10-14(16)12(11-17)6-4-5-9-18-13-7-2-1-3-8-13/h1,12-14H,2-10H2. The molecule has 0 amide bonds. The Hall–Kier alpha value is 0.210. The molecule has 104 valence electrons. The third-order valence-electron chi connectivity index (χ3n) is 3.38. The van der Waals surface area contributed by atoms with Crippen LogP contribution in [0.3, 0.4) is 0 Å². The summed E-state index contributed by atoms with van der Waals surface area (Å²) in [6, 6.07) is 0. The number of ether oxygens (including phenoxy) is 1. The Morgan fingerprint density at radius 2 is 2.06 bits per heavy atom. The highest BCUT2D eigenvalue weighted by molar-refractivity contribution is 6.28. The maximum Gasteiger partial charge on any atom is 0.203 e. The molecule has 0 aromatic heterocycles. The van der Waals surface area contributed by atoms with Crippen molar-refractivity contribution in [2.45, 2.75) is 56.4 Å². The Bertz CT molecular complexity index is 218. The van der Waals surface area contributed by atoms with E-state index in [-0.39, 0.29) is 11.3 Å². The zero-order valence-electron chi connectivity index (χ0n) is 10.7. The van der Waals surface area contributed by atoms with Crippen LogP contribution in [0.1, 0.15) is 44.9 Å². The lowest BCUT2D eigenvalue weighted by atomic mass is 9.97. The van der Waals surface area contributed by atoms with Gasteiger partial charge in [0.1, 0.15) is 0 Å². The van der Waals surface area contributed by atoms with Crippen molar-refractivity contribution in [3.05, 3.63) is 6.42 Å². The molecule has 0 bridgehead atoms. The Balaban J connectivity index is 2.01. The Morgan fingerprint density at radius 1 is 1.33 bits per heavy atom. The van der Waals surface area contributed by atoms with Crippen LogP contribution in [0.2, 0.25) is 0 Å². The average molecular weight is 293 g/mol. The fraction of sp³-hybridized carbons (Fsp3) is 0.857. The minimum Gasteiger partial charge on any atom is -0.378 e. The highest BCUT2D eigenvalue weighted by atomic mass is 35.5. The molecular formula is C14H22Cl2O2. The van der Waals surface area contributed by atoms with Gasteiger partial charge in [-0.1, -0.05) is 6.42 Å². The van der Waals surface area contributed by atoms with E-state index in [4.69, 9.17) is 27.9 Å². The van der Waals surface area contributed by atoms with Crippen LogP contribution >= 0.6 is 23.2 Å². The van der Waals surface area contributed by atoms with Crippen LogP contribution in [0.25, 0.3) is 0 Å². The number of halogens is 2. The van der Waals surface area contributed by atoms with Gasteiger partial charge in [-0.2, -0.15) is 0 Å². The largest absolute Gasteiger partial charge is 0.378 e. The molecule has 2 radical (unpaired) electrons. The van der Waals surface area contributed by atoms with Gasteiger partial charge in [-0.15, -0.1) is 23.2 Å². The van der Waals surface area contributed by atoms with E-state index in [9.17, 15) is 4.79 Å². The molecule has 0 aromatic rings. The number of unbranched alkanes of at least 4 members (excludes halogenated alkanes) is 1. The lowest BCUT2D eigenvalue weighted by Gasteiger charge is -2.22. The highest BCUT2D eigenvalue weighted by Crippen LogP contribution is 2.21. The average Bonchev–Trinajstić information content (AvgIpc) is 2.43. The molecule has 0 aliphatic heterocycles. The van der Waals surface area contributed by atoms with Crippen molar-refractivity contribution in [1.82, 2.24) is 0 Å². The van der Waals surface area contributed by atoms with Gasteiger partial charge < -0.3 is 4.74 Å². The van der Waals surface area contributed by atoms with Crippen molar-refractivity contribution >= 4 is 29.5 Å². The van der Waals surface area contributed by atoms with Gasteiger partial charge in [0.05, 0.1) is 11.5 Å². The van der Waals surface area contributed by atoms with Crippen molar-refractivity contribution in [2.24, 2.45) is 5.92 Å². The van der Waals surface area contributed by atoms with Gasteiger partial charge in [-0.05, 0) is 44.9 Å². The quantitative estimate of drug-likeness (QED) is 0.476. The molecule has 2 nitrogen and oxygen atoms in total. The molecular weight excluding hydrogens is 271 g/mol. The highest BCUT2D eigenvalue weighted by Gasteiger charge is 2.18. The number of rotatable bonds is 9. The first-order valence-corrected chi connectivity index (χ1v) is 7.76. The fourth-order valence-electron chi connectivity index (χ4n) is 2.20. The number of hydrogen-bond acceptors (Lipinski definition) is 2. The number of carbonyl (C=O) groups excluding carboxylic acids is 1. The van der Waals surface area contributed by atoms with Gasteiger partial charge in [-0.3, -0.25) is 4.79 Å². The normalized spacial score (nSPS) is 20.6. The molecule has 1 aliphatic carbocycles. The Morgan fingerprint density at radius 3 is 2.67 bits per heavy atom. The molecule has 1 rings (SSSR count). The third kappa shape index (κ3) is 6.40. The van der Waals surface area contributed by atoms with Crippen molar-refractivity contribution in [3.63, 3.8) is 0 Å². The van der Waals surface area contributed by atoms with Crippen molar-refractivity contribution in [1.29, 1.82) is 0 Å². The molecule has 4 heteroatoms. The van der Waals surface area contributed by atoms with E-state index in [1.54, 1.807) is 0 Å². The summed E-state index contributed by atoms with van der Waals surface area (Å²) in [5.41, 5.74) is 0. The maximum absolute atomic E-state index is 10.7. The Kier molecular flexibility index (Phi) is 9.08. The van der Waals surface area contributed by atoms with Gasteiger partial charge in [0.25, 0.3) is 0 Å². The molecule has 1 aliphatic rings. The number of alkyl halides is 2. The lowest BCUT2D eigenvalue weighted by molar-refractivity contribution is 0.0324. The second-order valence-electron chi connectivity index (χ2n) is 4.83. The minimum absolute atomic E-state index is 0.242. The summed E-state index contributed by atoms with van der Waals surface area (Å²) in [5, 5.41) is -0.293. The van der Waals surface area contributed by atoms with Crippen molar-refractivity contribution in [3.8, 4) is 0 Å². The molecule has 2 atom stereocenters. The predicted molar refractivity (Wildman–Crippen MR) is 75.9 cm³/mol. The molecule has 0 heterocycles. The monoisotopic (exact) mass is 292 g/mol. The zero-order chi connectivity index (χ0) is 13.2. The molecule has 2 unspecified atom stereocenters. The summed E-state index contributed by atoms with van der Waals surface area (Å²) in [5.74, 6) is 0.0599. The first kappa shape index (κ1) is 16.3. The van der Waals surface area contributed by atoms with E-state index in [2.05, 4.69) is 6.42 Å². The third-order valence-corrected chi connectivity index (χ3v) is 4.33. The first-order chi connectivity index (χ1) is 8.77. The van der Waals surface area contributed by atoms with E-state index in [0.717, 1.165) is 38.7 Å². The molecule has 0 spiro atoms. The topological polar surface area (TPSA) is 26.3 Å². The van der Waals surface area contributed by atoms with Crippen LogP contribution in [-0.4, -0.2) is 30.3 Å². The van der Waals surface area contributed by atoms with E-state index in [1.165, 1.54) is 12.8 Å². The maximum atomic E-state index is 10.7. The van der Waals surface area contributed by atoms with Crippen molar-refractivity contribution in [2.75, 3.05) is 12.5 Å². The molecule has 18 heavy (non-hydrogen) atoms. The van der Waals surface area contributed by atoms with E-state index in [1.807, 2.05) is 6.29 Å². The molecule has 0 N–H and O–H groups in total. The first-order valence-electron chi connectivity index (χ1n) is 6.79. The lowest BCUT2D eigenvalue weighted by Crippen LogP contribution is -2.19. The SMILES string of the molecule is O=[C]C(CCCCOC1CC[CH]CC1)C(Cl)CCl. The van der Waals surface area contributed by atoms with Gasteiger partial charge in [0, 0.05) is 18.4 Å². The molecule has 1 fully saturated rings. The smallest absolute Gasteiger partial charge is 0.203 e. The number of hydrogen-bond donors (Lipinski definition) is 0. The summed E-state index contributed by atoms with van der Waals surface area (Å²) in [7, 11) is 0. The van der Waals surface area contributed by atoms with E-state index < -0.39 is 0 Å². The molecule has 0 saturated heterocycles. The van der Waals surface area contributed by atoms with E-state index >= 15 is 0 Å². The van der Waals surface area contributed by atoms with Gasteiger partial charge in [0.2, 0.25) is 6.29 Å². The molecule has 1 saturated carbocycles. The van der Waals surface area contributed by atoms with Crippen LogP contribution < -0.4 is 0 Å².